The van der Waals surface area contributed by atoms with Gasteiger partial charge in [-0.1, -0.05) is 26.7 Å². The highest BCUT2D eigenvalue weighted by Crippen LogP contribution is 2.15. The first-order valence-corrected chi connectivity index (χ1v) is 6.55. The van der Waals surface area contributed by atoms with E-state index in [1.165, 1.54) is 6.33 Å². The first-order chi connectivity index (χ1) is 8.01. The van der Waals surface area contributed by atoms with Crippen molar-refractivity contribution >= 4 is 8.25 Å². The highest BCUT2D eigenvalue weighted by Gasteiger charge is 2.16. The monoisotopic (exact) mass is 264 g/mol. The fourth-order valence-electron chi connectivity index (χ4n) is 1.53. The van der Waals surface area contributed by atoms with Crippen molar-refractivity contribution in [3.8, 4) is 0 Å². The molecule has 0 aliphatic carbocycles. The molecule has 8 heteroatoms. The molecule has 17 heavy (non-hydrogen) atoms. The van der Waals surface area contributed by atoms with Crippen molar-refractivity contribution in [2.75, 3.05) is 0 Å². The summed E-state index contributed by atoms with van der Waals surface area (Å²) in [4.78, 5) is 18.2. The lowest BCUT2D eigenvalue weighted by Gasteiger charge is -2.18. The summed E-state index contributed by atoms with van der Waals surface area (Å²) in [7, 11) is -2.87. The molecule has 0 saturated carbocycles. The molecule has 0 spiro atoms. The summed E-state index contributed by atoms with van der Waals surface area (Å²) in [5.74, 6) is 1.13. The van der Waals surface area contributed by atoms with E-state index in [2.05, 4.69) is 29.0 Å². The molecule has 1 rings (SSSR count). The van der Waals surface area contributed by atoms with E-state index in [1.807, 2.05) is 0 Å². The van der Waals surface area contributed by atoms with E-state index in [9.17, 15) is 5.11 Å². The Morgan fingerprint density at radius 3 is 2.29 bits per heavy atom. The second-order valence-electron chi connectivity index (χ2n) is 3.53. The summed E-state index contributed by atoms with van der Waals surface area (Å²) >= 11 is 0. The summed E-state index contributed by atoms with van der Waals surface area (Å²) in [6.45, 7) is 4.19. The van der Waals surface area contributed by atoms with Crippen LogP contribution in [0.15, 0.2) is 6.33 Å². The van der Waals surface area contributed by atoms with Crippen molar-refractivity contribution < 1.29 is 19.5 Å². The van der Waals surface area contributed by atoms with Crippen molar-refractivity contribution in [1.82, 2.24) is 15.2 Å². The highest BCUT2D eigenvalue weighted by molar-refractivity contribution is 7.30. The molecule has 1 aromatic rings. The second-order valence-corrected chi connectivity index (χ2v) is 4.04. The fraction of sp³-hybridized carbons (Fsp3) is 0.778. The molecule has 0 aliphatic rings. The Hall–Kier alpha value is -0.880. The number of rotatable bonds is 5. The number of nitrogens with one attached hydrogen (secondary N) is 1. The average Bonchev–Trinajstić information content (AvgIpc) is 2.71. The molecule has 0 aromatic carbocycles. The maximum absolute atomic E-state index is 9.79. The zero-order valence-corrected chi connectivity index (χ0v) is 10.8. The minimum Gasteiger partial charge on any atom is -0.392 e. The van der Waals surface area contributed by atoms with E-state index in [-0.39, 0.29) is 6.10 Å². The second kappa shape index (κ2) is 9.18. The first kappa shape index (κ1) is 16.1. The summed E-state index contributed by atoms with van der Waals surface area (Å²) in [6.07, 6.45) is 3.75. The lowest BCUT2D eigenvalue weighted by molar-refractivity contribution is 0.101. The SMILES string of the molecule is CCC(CC)C(O)Cc1ncn[nH]1.O=[P+](O)O. The third-order valence-electron chi connectivity index (χ3n) is 2.46. The van der Waals surface area contributed by atoms with Gasteiger partial charge < -0.3 is 5.11 Å². The van der Waals surface area contributed by atoms with Gasteiger partial charge in [0.2, 0.25) is 0 Å². The third kappa shape index (κ3) is 7.93. The first-order valence-electron chi connectivity index (χ1n) is 5.38. The van der Waals surface area contributed by atoms with Gasteiger partial charge in [0, 0.05) is 11.0 Å². The molecule has 7 nitrogen and oxygen atoms in total. The molecule has 4 N–H and O–H groups in total. The predicted octanol–water partition coefficient (Wildman–Crippen LogP) is 0.773. The van der Waals surface area contributed by atoms with Crippen LogP contribution in [0.25, 0.3) is 0 Å². The van der Waals surface area contributed by atoms with Crippen LogP contribution in [-0.2, 0) is 11.0 Å². The highest BCUT2D eigenvalue weighted by atomic mass is 31.1. The largest absolute Gasteiger partial charge is 0.692 e. The van der Waals surface area contributed by atoms with E-state index in [1.54, 1.807) is 0 Å². The standard InChI is InChI=1S/C9H17N3O.HO3P/c1-3-7(4-2)8(13)5-9-10-6-11-12-9;1-4(2)3/h6-8,13H,3-5H2,1-2H3,(H,10,11,12);(H-,1,2,3)/p+1. The number of hydrogen-bond acceptors (Lipinski definition) is 4. The van der Waals surface area contributed by atoms with Crippen LogP contribution < -0.4 is 0 Å². The molecule has 1 atom stereocenters. The number of aliphatic hydroxyl groups excluding tert-OH is 1. The third-order valence-corrected chi connectivity index (χ3v) is 2.46. The predicted molar refractivity (Wildman–Crippen MR) is 62.2 cm³/mol. The number of H-pyrrole nitrogens is 1. The van der Waals surface area contributed by atoms with E-state index in [0.29, 0.717) is 12.3 Å². The minimum absolute atomic E-state index is 0.303. The molecule has 1 heterocycles. The Morgan fingerprint density at radius 1 is 1.41 bits per heavy atom. The quantitative estimate of drug-likeness (QED) is 0.583. The molecule has 0 saturated heterocycles. The van der Waals surface area contributed by atoms with Crippen LogP contribution in [0.5, 0.6) is 0 Å². The Labute approximate surface area is 101 Å². The number of hydrogen-bond donors (Lipinski definition) is 4. The summed E-state index contributed by atoms with van der Waals surface area (Å²) < 4.78 is 8.70. The van der Waals surface area contributed by atoms with Gasteiger partial charge in [-0.25, -0.2) is 4.98 Å². The minimum atomic E-state index is -2.87. The molecule has 0 aliphatic heterocycles. The van der Waals surface area contributed by atoms with E-state index >= 15 is 0 Å². The number of aliphatic hydroxyl groups is 1. The zero-order valence-electron chi connectivity index (χ0n) is 9.94. The van der Waals surface area contributed by atoms with Gasteiger partial charge in [-0.05, 0) is 5.92 Å². The Morgan fingerprint density at radius 2 is 1.94 bits per heavy atom. The van der Waals surface area contributed by atoms with Crippen LogP contribution in [-0.4, -0.2) is 36.2 Å². The molecule has 98 valence electrons. The summed E-state index contributed by atoms with van der Waals surface area (Å²) in [6, 6.07) is 0. The average molecular weight is 264 g/mol. The van der Waals surface area contributed by atoms with Crippen molar-refractivity contribution in [3.05, 3.63) is 12.2 Å². The summed E-state index contributed by atoms with van der Waals surface area (Å²) in [5.41, 5.74) is 0. The van der Waals surface area contributed by atoms with Gasteiger partial charge in [-0.3, -0.25) is 5.10 Å². The molecule has 0 amide bonds. The van der Waals surface area contributed by atoms with E-state index in [4.69, 9.17) is 14.4 Å². The molecule has 0 fully saturated rings. The summed E-state index contributed by atoms with van der Waals surface area (Å²) in [5, 5.41) is 16.3. The van der Waals surface area contributed by atoms with Crippen LogP contribution in [0.3, 0.4) is 0 Å². The maximum Gasteiger partial charge on any atom is 0.692 e. The van der Waals surface area contributed by atoms with Crippen LogP contribution in [0, 0.1) is 5.92 Å². The van der Waals surface area contributed by atoms with Crippen LogP contribution in [0.4, 0.5) is 0 Å². The molecule has 1 aromatic heterocycles. The molecule has 0 bridgehead atoms. The lowest BCUT2D eigenvalue weighted by atomic mass is 9.94. The van der Waals surface area contributed by atoms with Crippen LogP contribution >= 0.6 is 8.25 Å². The topological polar surface area (TPSA) is 119 Å². The number of aromatic amines is 1. The van der Waals surface area contributed by atoms with Gasteiger partial charge >= 0.3 is 8.25 Å². The number of nitrogens with zero attached hydrogens (tertiary/aromatic N) is 2. The van der Waals surface area contributed by atoms with E-state index in [0.717, 1.165) is 18.7 Å². The van der Waals surface area contributed by atoms with Crippen molar-refractivity contribution in [3.63, 3.8) is 0 Å². The van der Waals surface area contributed by atoms with Gasteiger partial charge in [0.25, 0.3) is 0 Å². The zero-order chi connectivity index (χ0) is 13.3. The van der Waals surface area contributed by atoms with Gasteiger partial charge in [0.1, 0.15) is 12.2 Å². The fourth-order valence-corrected chi connectivity index (χ4v) is 1.53. The van der Waals surface area contributed by atoms with Gasteiger partial charge in [0.05, 0.1) is 6.10 Å². The Kier molecular flexibility index (Phi) is 8.71. The van der Waals surface area contributed by atoms with Gasteiger partial charge in [-0.15, -0.1) is 9.79 Å². The van der Waals surface area contributed by atoms with Gasteiger partial charge in [-0.2, -0.15) is 5.10 Å². The normalized spacial score (nSPS) is 11.9. The molecule has 1 unspecified atom stereocenters. The Balaban J connectivity index is 0.000000557. The molecule has 0 radical (unpaired) electrons. The Bertz CT molecular complexity index is 299. The number of aromatic nitrogens is 3. The maximum atomic E-state index is 9.79. The van der Waals surface area contributed by atoms with Crippen LogP contribution in [0.2, 0.25) is 0 Å². The van der Waals surface area contributed by atoms with Crippen molar-refractivity contribution in [1.29, 1.82) is 0 Å². The van der Waals surface area contributed by atoms with Crippen molar-refractivity contribution in [2.45, 2.75) is 39.2 Å². The van der Waals surface area contributed by atoms with E-state index < -0.39 is 8.25 Å². The smallest absolute Gasteiger partial charge is 0.392 e. The molecular weight excluding hydrogens is 245 g/mol. The van der Waals surface area contributed by atoms with Gasteiger partial charge in [0.15, 0.2) is 0 Å². The van der Waals surface area contributed by atoms with Crippen molar-refractivity contribution in [2.24, 2.45) is 5.92 Å². The molecular formula is C9H19N3O4P+. The van der Waals surface area contributed by atoms with Crippen LogP contribution in [0.1, 0.15) is 32.5 Å². The lowest BCUT2D eigenvalue weighted by Crippen LogP contribution is -2.22.